The van der Waals surface area contributed by atoms with Crippen LogP contribution in [-0.2, 0) is 11.3 Å². The van der Waals surface area contributed by atoms with Crippen LogP contribution in [0.3, 0.4) is 0 Å². The Hall–Kier alpha value is -2.34. The fourth-order valence-corrected chi connectivity index (χ4v) is 3.77. The first-order chi connectivity index (χ1) is 12.3. The van der Waals surface area contributed by atoms with Crippen LogP contribution in [0.5, 0.6) is 0 Å². The predicted octanol–water partition coefficient (Wildman–Crippen LogP) is 2.06. The van der Waals surface area contributed by atoms with Gasteiger partial charge in [0.15, 0.2) is 5.96 Å². The molecule has 2 saturated heterocycles. The van der Waals surface area contributed by atoms with Crippen LogP contribution in [-0.4, -0.2) is 54.0 Å². The van der Waals surface area contributed by atoms with Gasteiger partial charge >= 0.3 is 0 Å². The zero-order chi connectivity index (χ0) is 17.1. The predicted molar refractivity (Wildman–Crippen MR) is 97.8 cm³/mol. The summed E-state index contributed by atoms with van der Waals surface area (Å²) in [5.74, 6) is 0.969. The van der Waals surface area contributed by atoms with Crippen molar-refractivity contribution in [3.8, 4) is 5.69 Å². The van der Waals surface area contributed by atoms with Crippen LogP contribution in [0.15, 0.2) is 47.7 Å². The van der Waals surface area contributed by atoms with Crippen molar-refractivity contribution in [2.45, 2.75) is 19.4 Å². The number of rotatable bonds is 3. The van der Waals surface area contributed by atoms with Crippen LogP contribution >= 0.6 is 0 Å². The first-order valence-electron chi connectivity index (χ1n) is 8.90. The topological polar surface area (TPSA) is 54.7 Å². The molecule has 1 N–H and O–H groups in total. The number of benzene rings is 1. The van der Waals surface area contributed by atoms with Gasteiger partial charge < -0.3 is 15.0 Å². The summed E-state index contributed by atoms with van der Waals surface area (Å²) in [6, 6.07) is 10.2. The van der Waals surface area contributed by atoms with Crippen LogP contribution in [0.2, 0.25) is 0 Å². The monoisotopic (exact) mass is 339 g/mol. The molecule has 1 aromatic carbocycles. The number of hydrogen-bond donors (Lipinski definition) is 1. The highest BCUT2D eigenvalue weighted by Crippen LogP contribution is 2.38. The molecule has 2 aromatic rings. The average molecular weight is 339 g/mol. The molecule has 0 saturated carbocycles. The maximum absolute atomic E-state index is 5.62. The summed E-state index contributed by atoms with van der Waals surface area (Å²) >= 11 is 0. The molecule has 6 nitrogen and oxygen atoms in total. The second-order valence-electron chi connectivity index (χ2n) is 7.00. The van der Waals surface area contributed by atoms with Crippen molar-refractivity contribution in [2.24, 2.45) is 10.4 Å². The van der Waals surface area contributed by atoms with E-state index in [1.54, 1.807) is 0 Å². The summed E-state index contributed by atoms with van der Waals surface area (Å²) in [4.78, 5) is 6.83. The number of likely N-dealkylation sites (tertiary alicyclic amines) is 1. The molecule has 0 aliphatic carbocycles. The third kappa shape index (κ3) is 3.39. The summed E-state index contributed by atoms with van der Waals surface area (Å²) in [6.45, 7) is 4.60. The van der Waals surface area contributed by atoms with E-state index in [-0.39, 0.29) is 0 Å². The first-order valence-corrected chi connectivity index (χ1v) is 8.90. The molecule has 1 aromatic heterocycles. The van der Waals surface area contributed by atoms with Crippen LogP contribution in [0.4, 0.5) is 0 Å². The number of guanidine groups is 1. The summed E-state index contributed by atoms with van der Waals surface area (Å²) in [7, 11) is 1.85. The van der Waals surface area contributed by atoms with Gasteiger partial charge in [0.25, 0.3) is 0 Å². The van der Waals surface area contributed by atoms with E-state index in [9.17, 15) is 0 Å². The van der Waals surface area contributed by atoms with E-state index in [1.165, 1.54) is 12.8 Å². The minimum atomic E-state index is 0.343. The Bertz CT molecular complexity index is 733. The van der Waals surface area contributed by atoms with Crippen LogP contribution in [0, 0.1) is 5.41 Å². The molecular formula is C19H25N5O. The molecule has 6 heteroatoms. The minimum absolute atomic E-state index is 0.343. The van der Waals surface area contributed by atoms with Gasteiger partial charge in [-0.3, -0.25) is 4.99 Å². The fraction of sp³-hybridized carbons (Fsp3) is 0.474. The third-order valence-electron chi connectivity index (χ3n) is 5.24. The fourth-order valence-electron chi connectivity index (χ4n) is 3.77. The number of para-hydroxylation sites is 1. The summed E-state index contributed by atoms with van der Waals surface area (Å²) in [5, 5.41) is 7.93. The normalized spacial score (nSPS) is 23.6. The van der Waals surface area contributed by atoms with Crippen molar-refractivity contribution >= 4 is 5.96 Å². The maximum Gasteiger partial charge on any atom is 0.193 e. The molecule has 1 unspecified atom stereocenters. The van der Waals surface area contributed by atoms with Crippen LogP contribution in [0.25, 0.3) is 5.69 Å². The zero-order valence-electron chi connectivity index (χ0n) is 14.7. The van der Waals surface area contributed by atoms with Gasteiger partial charge in [-0.05, 0) is 25.0 Å². The summed E-state index contributed by atoms with van der Waals surface area (Å²) in [5.41, 5.74) is 2.56. The number of aromatic nitrogens is 2. The van der Waals surface area contributed by atoms with Crippen molar-refractivity contribution in [3.63, 3.8) is 0 Å². The molecule has 25 heavy (non-hydrogen) atoms. The lowest BCUT2D eigenvalue weighted by Crippen LogP contribution is -2.41. The molecule has 2 aliphatic rings. The molecule has 0 amide bonds. The second-order valence-corrected chi connectivity index (χ2v) is 7.00. The van der Waals surface area contributed by atoms with Gasteiger partial charge in [0.1, 0.15) is 0 Å². The van der Waals surface area contributed by atoms with Crippen molar-refractivity contribution in [1.29, 1.82) is 0 Å². The van der Waals surface area contributed by atoms with Gasteiger partial charge in [-0.2, -0.15) is 5.10 Å². The Morgan fingerprint density at radius 3 is 2.96 bits per heavy atom. The van der Waals surface area contributed by atoms with Gasteiger partial charge in [-0.15, -0.1) is 0 Å². The highest BCUT2D eigenvalue weighted by molar-refractivity contribution is 5.80. The number of aliphatic imine (C=N–C) groups is 1. The number of nitrogens with one attached hydrogen (secondary N) is 1. The molecule has 1 atom stereocenters. The van der Waals surface area contributed by atoms with Crippen LogP contribution < -0.4 is 5.32 Å². The molecule has 2 aliphatic heterocycles. The zero-order valence-corrected chi connectivity index (χ0v) is 14.7. The van der Waals surface area contributed by atoms with E-state index < -0.39 is 0 Å². The van der Waals surface area contributed by atoms with Crippen LogP contribution in [0.1, 0.15) is 18.4 Å². The maximum atomic E-state index is 5.62. The van der Waals surface area contributed by atoms with Gasteiger partial charge in [0.2, 0.25) is 0 Å². The molecule has 132 valence electrons. The molecule has 2 fully saturated rings. The lowest BCUT2D eigenvalue weighted by molar-refractivity contribution is 0.156. The average Bonchev–Trinajstić information content (AvgIpc) is 3.39. The largest absolute Gasteiger partial charge is 0.381 e. The van der Waals surface area contributed by atoms with Gasteiger partial charge in [-0.1, -0.05) is 18.2 Å². The molecule has 4 rings (SSSR count). The van der Waals surface area contributed by atoms with E-state index in [1.807, 2.05) is 36.1 Å². The van der Waals surface area contributed by atoms with E-state index >= 15 is 0 Å². The molecule has 3 heterocycles. The summed E-state index contributed by atoms with van der Waals surface area (Å²) < 4.78 is 7.52. The van der Waals surface area contributed by atoms with Crippen molar-refractivity contribution in [2.75, 3.05) is 33.4 Å². The number of ether oxygens (including phenoxy) is 1. The van der Waals surface area contributed by atoms with E-state index in [0.717, 1.165) is 50.1 Å². The lowest BCUT2D eigenvalue weighted by Gasteiger charge is -2.24. The lowest BCUT2D eigenvalue weighted by atomic mass is 9.87. The highest BCUT2D eigenvalue weighted by Gasteiger charge is 2.42. The van der Waals surface area contributed by atoms with Gasteiger partial charge in [0, 0.05) is 50.5 Å². The standard InChI is InChI=1S/C19H25N5O/c1-20-18(23-9-7-19(14-23)8-10-25-15-19)21-11-16-12-22-24(13-16)17-5-3-2-4-6-17/h2-6,12-13H,7-11,14-15H2,1H3,(H,20,21). The Kier molecular flexibility index (Phi) is 4.44. The Labute approximate surface area is 148 Å². The quantitative estimate of drug-likeness (QED) is 0.687. The number of nitrogens with zero attached hydrogens (tertiary/aromatic N) is 4. The SMILES string of the molecule is CN=C(NCc1cnn(-c2ccccc2)c1)N1CCC2(CCOC2)C1. The minimum Gasteiger partial charge on any atom is -0.381 e. The molecular weight excluding hydrogens is 314 g/mol. The Morgan fingerprint density at radius 1 is 1.32 bits per heavy atom. The first kappa shape index (κ1) is 16.1. The van der Waals surface area contributed by atoms with Crippen molar-refractivity contribution < 1.29 is 4.74 Å². The second kappa shape index (κ2) is 6.88. The van der Waals surface area contributed by atoms with E-state index in [2.05, 4.69) is 38.6 Å². The Balaban J connectivity index is 1.37. The molecule has 0 radical (unpaired) electrons. The molecule has 1 spiro atoms. The van der Waals surface area contributed by atoms with Crippen molar-refractivity contribution in [3.05, 3.63) is 48.3 Å². The van der Waals surface area contributed by atoms with Crippen molar-refractivity contribution in [1.82, 2.24) is 20.0 Å². The highest BCUT2D eigenvalue weighted by atomic mass is 16.5. The van der Waals surface area contributed by atoms with Gasteiger partial charge in [-0.25, -0.2) is 4.68 Å². The smallest absolute Gasteiger partial charge is 0.193 e. The molecule has 0 bridgehead atoms. The van der Waals surface area contributed by atoms with E-state index in [4.69, 9.17) is 4.74 Å². The summed E-state index contributed by atoms with van der Waals surface area (Å²) in [6.07, 6.45) is 6.33. The van der Waals surface area contributed by atoms with E-state index in [0.29, 0.717) is 5.41 Å². The number of hydrogen-bond acceptors (Lipinski definition) is 3. The Morgan fingerprint density at radius 2 is 2.20 bits per heavy atom. The van der Waals surface area contributed by atoms with Gasteiger partial charge in [0.05, 0.1) is 18.5 Å². The third-order valence-corrected chi connectivity index (χ3v) is 5.24.